The van der Waals surface area contributed by atoms with E-state index in [0.29, 0.717) is 0 Å². The number of hydrogen-bond acceptors (Lipinski definition) is 4. The highest BCUT2D eigenvalue weighted by Gasteiger charge is 2.30. The van der Waals surface area contributed by atoms with Crippen molar-refractivity contribution in [3.8, 4) is 0 Å². The summed E-state index contributed by atoms with van der Waals surface area (Å²) in [5.74, 6) is -0.365. The fraction of sp³-hybridized carbons (Fsp3) is 0.905. The first kappa shape index (κ1) is 35.8. The van der Waals surface area contributed by atoms with Crippen LogP contribution in [0.5, 0.6) is 0 Å². The van der Waals surface area contributed by atoms with Crippen LogP contribution >= 0.6 is 0 Å². The fourth-order valence-corrected chi connectivity index (χ4v) is 1.91. The number of esters is 1. The van der Waals surface area contributed by atoms with Gasteiger partial charge in [0.25, 0.3) is 0 Å². The van der Waals surface area contributed by atoms with Gasteiger partial charge in [0.05, 0.1) is 7.11 Å². The largest absolute Gasteiger partial charge is 0.467 e. The maximum atomic E-state index is 11.8. The molecule has 0 aromatic heterocycles. The second kappa shape index (κ2) is 23.7. The van der Waals surface area contributed by atoms with Crippen LogP contribution < -0.4 is 5.32 Å². The third-order valence-corrected chi connectivity index (χ3v) is 2.78. The Labute approximate surface area is 164 Å². The quantitative estimate of drug-likeness (QED) is 0.528. The maximum Gasteiger partial charge on any atom is 0.408 e. The average molecular weight is 380 g/mol. The molecule has 2 unspecified atom stereocenters. The summed E-state index contributed by atoms with van der Waals surface area (Å²) < 4.78 is 9.94. The molecule has 162 valence electrons. The zero-order chi connectivity index (χ0) is 21.1. The highest BCUT2D eigenvalue weighted by Crippen LogP contribution is 2.17. The van der Waals surface area contributed by atoms with E-state index < -0.39 is 23.7 Å². The van der Waals surface area contributed by atoms with Gasteiger partial charge in [-0.15, -0.1) is 0 Å². The van der Waals surface area contributed by atoms with Crippen LogP contribution in [0, 0.1) is 5.92 Å². The number of hydrogen-bond donors (Lipinski definition) is 1. The zero-order valence-electron chi connectivity index (χ0n) is 18.9. The van der Waals surface area contributed by atoms with E-state index in [1.807, 2.05) is 55.4 Å². The molecule has 0 spiro atoms. The number of alkyl carbamates (subject to hydrolysis) is 1. The molecule has 0 aromatic carbocycles. The molecule has 26 heavy (non-hydrogen) atoms. The Morgan fingerprint density at radius 2 is 1.38 bits per heavy atom. The van der Waals surface area contributed by atoms with Crippen molar-refractivity contribution in [1.82, 2.24) is 5.32 Å². The number of carbonyl (C=O) groups excluding carboxylic acids is 2. The highest BCUT2D eigenvalue weighted by atomic mass is 16.6. The Morgan fingerprint density at radius 1 is 0.962 bits per heavy atom. The highest BCUT2D eigenvalue weighted by molar-refractivity contribution is 5.81. The van der Waals surface area contributed by atoms with Crippen molar-refractivity contribution in [2.24, 2.45) is 5.92 Å². The molecule has 1 N–H and O–H groups in total. The monoisotopic (exact) mass is 379 g/mol. The minimum absolute atomic E-state index is 0. The average Bonchev–Trinajstić information content (AvgIpc) is 2.61. The van der Waals surface area contributed by atoms with Gasteiger partial charge in [-0.3, -0.25) is 0 Å². The van der Waals surface area contributed by atoms with E-state index in [9.17, 15) is 9.59 Å². The van der Waals surface area contributed by atoms with Gasteiger partial charge in [0, 0.05) is 0 Å². The second-order valence-electron chi connectivity index (χ2n) is 5.60. The van der Waals surface area contributed by atoms with Gasteiger partial charge in [0.15, 0.2) is 0 Å². The second-order valence-corrected chi connectivity index (χ2v) is 5.60. The van der Waals surface area contributed by atoms with E-state index in [-0.39, 0.29) is 13.3 Å². The Balaban J connectivity index is -0.000000189. The van der Waals surface area contributed by atoms with Crippen LogP contribution in [-0.2, 0) is 14.3 Å². The van der Waals surface area contributed by atoms with Crippen LogP contribution in [-0.4, -0.2) is 30.8 Å². The third kappa shape index (κ3) is 20.8. The lowest BCUT2D eigenvalue weighted by atomic mass is 9.92. The van der Waals surface area contributed by atoms with Crippen molar-refractivity contribution in [1.29, 1.82) is 0 Å². The zero-order valence-corrected chi connectivity index (χ0v) is 18.9. The first-order valence-corrected chi connectivity index (χ1v) is 9.82. The van der Waals surface area contributed by atoms with Gasteiger partial charge < -0.3 is 14.8 Å². The molecule has 0 aliphatic rings. The van der Waals surface area contributed by atoms with E-state index in [1.165, 1.54) is 7.11 Å². The summed E-state index contributed by atoms with van der Waals surface area (Å²) in [6, 6.07) is -0.648. The molecule has 5 heteroatoms. The van der Waals surface area contributed by atoms with Gasteiger partial charge in [-0.25, -0.2) is 9.59 Å². The summed E-state index contributed by atoms with van der Waals surface area (Å²) in [6.45, 7) is 21.4. The smallest absolute Gasteiger partial charge is 0.408 e. The van der Waals surface area contributed by atoms with Crippen molar-refractivity contribution >= 4 is 12.1 Å². The van der Waals surface area contributed by atoms with Gasteiger partial charge >= 0.3 is 12.1 Å². The predicted molar refractivity (Wildman–Crippen MR) is 115 cm³/mol. The molecule has 0 heterocycles. The normalized spacial score (nSPS) is 11.2. The molecule has 0 radical (unpaired) electrons. The molecule has 1 amide bonds. The van der Waals surface area contributed by atoms with Gasteiger partial charge in [0.1, 0.15) is 11.6 Å². The molecule has 0 aliphatic carbocycles. The Morgan fingerprint density at radius 3 is 1.65 bits per heavy atom. The number of amides is 1. The van der Waals surface area contributed by atoms with Crippen molar-refractivity contribution in [3.63, 3.8) is 0 Å². The van der Waals surface area contributed by atoms with E-state index >= 15 is 0 Å². The molecular formula is C21H49NO4. The Hall–Kier alpha value is -1.26. The van der Waals surface area contributed by atoms with Gasteiger partial charge in [-0.05, 0) is 33.1 Å². The third-order valence-electron chi connectivity index (χ3n) is 2.78. The molecule has 2 atom stereocenters. The van der Waals surface area contributed by atoms with Gasteiger partial charge in [-0.1, -0.05) is 75.7 Å². The lowest BCUT2D eigenvalue weighted by molar-refractivity contribution is -0.144. The standard InChI is InChI=1S/C14H27NO4.3C2H6.CH4/c1-7-9-10(8-2)11(12(16)18-6)15-13(17)19-14(3,4)5;3*1-2;/h10-11H,7-9H2,1-6H3,(H,15,17);3*1-2H3;1H4. The van der Waals surface area contributed by atoms with Crippen molar-refractivity contribution in [2.45, 2.75) is 114 Å². The van der Waals surface area contributed by atoms with Crippen molar-refractivity contribution < 1.29 is 19.1 Å². The van der Waals surface area contributed by atoms with Gasteiger partial charge in [0.2, 0.25) is 0 Å². The lowest BCUT2D eigenvalue weighted by Crippen LogP contribution is -2.48. The van der Waals surface area contributed by atoms with Crippen LogP contribution in [0.4, 0.5) is 4.79 Å². The van der Waals surface area contributed by atoms with E-state index in [2.05, 4.69) is 5.32 Å². The van der Waals surface area contributed by atoms with Crippen LogP contribution in [0.2, 0.25) is 0 Å². The van der Waals surface area contributed by atoms with Crippen LogP contribution in [0.15, 0.2) is 0 Å². The number of nitrogens with one attached hydrogen (secondary N) is 1. The van der Waals surface area contributed by atoms with Crippen molar-refractivity contribution in [2.75, 3.05) is 7.11 Å². The topological polar surface area (TPSA) is 64.6 Å². The summed E-state index contributed by atoms with van der Waals surface area (Å²) in [7, 11) is 1.32. The Bertz CT molecular complexity index is 299. The number of ether oxygens (including phenoxy) is 2. The molecule has 5 nitrogen and oxygen atoms in total. The maximum absolute atomic E-state index is 11.8. The molecule has 0 aliphatic heterocycles. The summed E-state index contributed by atoms with van der Waals surface area (Å²) in [5.41, 5.74) is -0.586. The molecule has 0 saturated heterocycles. The summed E-state index contributed by atoms with van der Waals surface area (Å²) in [6.07, 6.45) is 2.01. The minimum atomic E-state index is -0.648. The van der Waals surface area contributed by atoms with Crippen LogP contribution in [0.3, 0.4) is 0 Å². The molecule has 0 fully saturated rings. The summed E-state index contributed by atoms with van der Waals surface area (Å²) in [4.78, 5) is 23.6. The number of rotatable bonds is 6. The Kier molecular flexibility index (Phi) is 32.7. The first-order valence-electron chi connectivity index (χ1n) is 9.82. The van der Waals surface area contributed by atoms with Crippen molar-refractivity contribution in [3.05, 3.63) is 0 Å². The summed E-state index contributed by atoms with van der Waals surface area (Å²) in [5, 5.41) is 2.62. The molecular weight excluding hydrogens is 330 g/mol. The minimum Gasteiger partial charge on any atom is -0.467 e. The van der Waals surface area contributed by atoms with Gasteiger partial charge in [-0.2, -0.15) is 0 Å². The van der Waals surface area contributed by atoms with Crippen LogP contribution in [0.1, 0.15) is 103 Å². The molecule has 0 saturated carbocycles. The molecule has 0 aromatic rings. The van der Waals surface area contributed by atoms with E-state index in [4.69, 9.17) is 9.47 Å². The SMILES string of the molecule is C.CC.CC.CC.CCCC(CC)C(NC(=O)OC(C)(C)C)C(=O)OC. The molecule has 0 rings (SSSR count). The fourth-order valence-electron chi connectivity index (χ4n) is 1.91. The van der Waals surface area contributed by atoms with Crippen LogP contribution in [0.25, 0.3) is 0 Å². The molecule has 0 bridgehead atoms. The van der Waals surface area contributed by atoms with E-state index in [0.717, 1.165) is 19.3 Å². The lowest BCUT2D eigenvalue weighted by Gasteiger charge is -2.27. The number of carbonyl (C=O) groups is 2. The number of methoxy groups -OCH3 is 1. The summed E-state index contributed by atoms with van der Waals surface area (Å²) >= 11 is 0. The van der Waals surface area contributed by atoms with E-state index in [1.54, 1.807) is 20.8 Å². The predicted octanol–water partition coefficient (Wildman–Crippen LogP) is 6.59. The first-order chi connectivity index (χ1) is 11.7.